The smallest absolute Gasteiger partial charge is 0.249 e. The molecule has 3 aromatic rings. The van der Waals surface area contributed by atoms with Crippen LogP contribution >= 0.6 is 0 Å². The maximum atomic E-state index is 13.0. The third-order valence-electron chi connectivity index (χ3n) is 4.25. The fourth-order valence-electron chi connectivity index (χ4n) is 2.49. The molecule has 1 heterocycles. The van der Waals surface area contributed by atoms with E-state index < -0.39 is 38.7 Å². The molecule has 1 amide bonds. The van der Waals surface area contributed by atoms with Gasteiger partial charge >= 0.3 is 0 Å². The van der Waals surface area contributed by atoms with Gasteiger partial charge in [0.2, 0.25) is 17.6 Å². The summed E-state index contributed by atoms with van der Waals surface area (Å²) >= 11 is 0. The fourth-order valence-corrected chi connectivity index (χ4v) is 3.76. The fraction of sp³-hybridized carbons (Fsp3) is 0.211. The topological polar surface area (TPSA) is 102 Å². The minimum Gasteiger partial charge on any atom is -0.343 e. The Bertz CT molecular complexity index is 1110. The van der Waals surface area contributed by atoms with E-state index in [-0.39, 0.29) is 16.6 Å². The Balaban J connectivity index is 1.71. The Morgan fingerprint density at radius 1 is 1.00 bits per heavy atom. The second-order valence-corrected chi connectivity index (χ2v) is 8.60. The van der Waals surface area contributed by atoms with Gasteiger partial charge in [-0.15, -0.1) is 0 Å². The molecule has 2 atom stereocenters. The van der Waals surface area contributed by atoms with Crippen LogP contribution in [0.1, 0.15) is 25.8 Å². The molecule has 2 unspecified atom stereocenters. The monoisotopic (exact) mass is 421 g/mol. The van der Waals surface area contributed by atoms with E-state index in [2.05, 4.69) is 15.5 Å². The molecular weight excluding hydrogens is 404 g/mol. The maximum Gasteiger partial charge on any atom is 0.249 e. The maximum absolute atomic E-state index is 13.0. The van der Waals surface area contributed by atoms with Gasteiger partial charge in [0.1, 0.15) is 22.9 Å². The molecule has 0 aliphatic heterocycles. The summed E-state index contributed by atoms with van der Waals surface area (Å²) in [5.41, 5.74) is 0.521. The van der Waals surface area contributed by atoms with Crippen molar-refractivity contribution in [3.8, 4) is 11.4 Å². The molecule has 1 N–H and O–H groups in total. The molecular formula is C19H17F2N3O4S. The third kappa shape index (κ3) is 4.48. The molecule has 0 bridgehead atoms. The van der Waals surface area contributed by atoms with Gasteiger partial charge in [-0.3, -0.25) is 4.79 Å². The van der Waals surface area contributed by atoms with E-state index in [1.807, 2.05) is 0 Å². The number of halogens is 2. The van der Waals surface area contributed by atoms with E-state index in [0.29, 0.717) is 5.56 Å². The summed E-state index contributed by atoms with van der Waals surface area (Å²) in [5.74, 6) is -1.50. The minimum atomic E-state index is -4.01. The number of hydrogen-bond donors (Lipinski definition) is 1. The van der Waals surface area contributed by atoms with E-state index in [4.69, 9.17) is 4.52 Å². The lowest BCUT2D eigenvalue weighted by Crippen LogP contribution is -2.39. The number of sulfone groups is 1. The molecule has 0 fully saturated rings. The van der Waals surface area contributed by atoms with Gasteiger partial charge in [0.05, 0.1) is 4.90 Å². The lowest BCUT2D eigenvalue weighted by molar-refractivity contribution is -0.121. The number of nitrogens with one attached hydrogen (secondary N) is 1. The van der Waals surface area contributed by atoms with Crippen molar-refractivity contribution in [1.82, 2.24) is 15.5 Å². The van der Waals surface area contributed by atoms with Crippen molar-refractivity contribution in [2.75, 3.05) is 0 Å². The average Bonchev–Trinajstić information content (AvgIpc) is 3.18. The Morgan fingerprint density at radius 3 is 2.14 bits per heavy atom. The average molecular weight is 421 g/mol. The van der Waals surface area contributed by atoms with Crippen LogP contribution in [0.2, 0.25) is 0 Å². The Kier molecular flexibility index (Phi) is 5.73. The SMILES string of the molecule is CC(NC(=O)C(C)S(=O)(=O)c1ccc(F)cc1)c1nc(-c2ccc(F)cc2)no1. The molecule has 7 nitrogen and oxygen atoms in total. The van der Waals surface area contributed by atoms with Crippen molar-refractivity contribution < 1.29 is 26.5 Å². The lowest BCUT2D eigenvalue weighted by atomic mass is 10.2. The molecule has 0 aliphatic carbocycles. The summed E-state index contributed by atoms with van der Waals surface area (Å²) in [6, 6.07) is 8.91. The highest BCUT2D eigenvalue weighted by molar-refractivity contribution is 7.92. The van der Waals surface area contributed by atoms with Gasteiger partial charge in [0.15, 0.2) is 9.84 Å². The second-order valence-electron chi connectivity index (χ2n) is 6.33. The zero-order chi connectivity index (χ0) is 21.2. The van der Waals surface area contributed by atoms with Crippen molar-refractivity contribution in [1.29, 1.82) is 0 Å². The normalized spacial score (nSPS) is 13.7. The van der Waals surface area contributed by atoms with Crippen molar-refractivity contribution in [3.63, 3.8) is 0 Å². The summed E-state index contributed by atoms with van der Waals surface area (Å²) in [4.78, 5) is 16.4. The Labute approximate surface area is 165 Å². The van der Waals surface area contributed by atoms with Crippen LogP contribution in [0.25, 0.3) is 11.4 Å². The van der Waals surface area contributed by atoms with E-state index in [9.17, 15) is 22.0 Å². The molecule has 10 heteroatoms. The number of nitrogens with zero attached hydrogens (tertiary/aromatic N) is 2. The molecule has 0 spiro atoms. The Hall–Kier alpha value is -3.14. The predicted octanol–water partition coefficient (Wildman–Crippen LogP) is 3.05. The Morgan fingerprint density at radius 2 is 1.55 bits per heavy atom. The number of amides is 1. The van der Waals surface area contributed by atoms with Crippen LogP contribution in [0.5, 0.6) is 0 Å². The summed E-state index contributed by atoms with van der Waals surface area (Å²) in [6.45, 7) is 2.79. The first-order valence-corrected chi connectivity index (χ1v) is 10.1. The molecule has 29 heavy (non-hydrogen) atoms. The summed E-state index contributed by atoms with van der Waals surface area (Å²) in [6.07, 6.45) is 0. The van der Waals surface area contributed by atoms with E-state index in [1.54, 1.807) is 6.92 Å². The summed E-state index contributed by atoms with van der Waals surface area (Å²) in [7, 11) is -4.01. The second kappa shape index (κ2) is 8.08. The number of benzene rings is 2. The highest BCUT2D eigenvalue weighted by Crippen LogP contribution is 2.21. The third-order valence-corrected chi connectivity index (χ3v) is 6.32. The van der Waals surface area contributed by atoms with E-state index >= 15 is 0 Å². The van der Waals surface area contributed by atoms with Gasteiger partial charge in [-0.2, -0.15) is 4.98 Å². The molecule has 152 valence electrons. The van der Waals surface area contributed by atoms with E-state index in [0.717, 1.165) is 24.3 Å². The van der Waals surface area contributed by atoms with Crippen molar-refractivity contribution in [2.45, 2.75) is 30.0 Å². The molecule has 1 aromatic heterocycles. The van der Waals surface area contributed by atoms with Gasteiger partial charge in [0.25, 0.3) is 0 Å². The first kappa shape index (κ1) is 20.6. The van der Waals surface area contributed by atoms with Gasteiger partial charge in [0, 0.05) is 5.56 Å². The van der Waals surface area contributed by atoms with Crippen molar-refractivity contribution >= 4 is 15.7 Å². The van der Waals surface area contributed by atoms with Gasteiger partial charge in [-0.25, -0.2) is 17.2 Å². The van der Waals surface area contributed by atoms with Crippen LogP contribution < -0.4 is 5.32 Å². The van der Waals surface area contributed by atoms with Crippen molar-refractivity contribution in [2.24, 2.45) is 0 Å². The standard InChI is InChI=1S/C19H17F2N3O4S/c1-11(19-23-17(24-28-19)13-3-5-14(20)6-4-13)22-18(25)12(2)29(26,27)16-9-7-15(21)8-10-16/h3-12H,1-2H3,(H,22,25). The van der Waals surface area contributed by atoms with Crippen LogP contribution in [0.3, 0.4) is 0 Å². The molecule has 0 saturated heterocycles. The largest absolute Gasteiger partial charge is 0.343 e. The highest BCUT2D eigenvalue weighted by atomic mass is 32.2. The molecule has 0 radical (unpaired) electrons. The lowest BCUT2D eigenvalue weighted by Gasteiger charge is -2.15. The molecule has 3 rings (SSSR count). The van der Waals surface area contributed by atoms with E-state index in [1.165, 1.54) is 31.2 Å². The number of hydrogen-bond acceptors (Lipinski definition) is 6. The zero-order valence-electron chi connectivity index (χ0n) is 15.5. The number of rotatable bonds is 6. The van der Waals surface area contributed by atoms with Crippen LogP contribution in [0, 0.1) is 11.6 Å². The summed E-state index contributed by atoms with van der Waals surface area (Å²) in [5, 5.41) is 4.87. The van der Waals surface area contributed by atoms with Crippen LogP contribution in [0.4, 0.5) is 8.78 Å². The van der Waals surface area contributed by atoms with Crippen LogP contribution in [-0.4, -0.2) is 29.7 Å². The van der Waals surface area contributed by atoms with Crippen molar-refractivity contribution in [3.05, 3.63) is 66.1 Å². The highest BCUT2D eigenvalue weighted by Gasteiger charge is 2.31. The number of carbonyl (C=O) groups is 1. The zero-order valence-corrected chi connectivity index (χ0v) is 16.3. The summed E-state index contributed by atoms with van der Waals surface area (Å²) < 4.78 is 56.3. The van der Waals surface area contributed by atoms with Gasteiger partial charge < -0.3 is 9.84 Å². The molecule has 0 saturated carbocycles. The number of aromatic nitrogens is 2. The predicted molar refractivity (Wildman–Crippen MR) is 99.3 cm³/mol. The number of carbonyl (C=O) groups excluding carboxylic acids is 1. The first-order valence-electron chi connectivity index (χ1n) is 8.58. The minimum absolute atomic E-state index is 0.0593. The van der Waals surface area contributed by atoms with Gasteiger partial charge in [-0.1, -0.05) is 5.16 Å². The molecule has 0 aliphatic rings. The van der Waals surface area contributed by atoms with Crippen LogP contribution in [0.15, 0.2) is 57.9 Å². The molecule has 2 aromatic carbocycles. The van der Waals surface area contributed by atoms with Crippen LogP contribution in [-0.2, 0) is 14.6 Å². The van der Waals surface area contributed by atoms with Gasteiger partial charge in [-0.05, 0) is 62.4 Å². The first-order chi connectivity index (χ1) is 13.7. The quantitative estimate of drug-likeness (QED) is 0.614.